The molecule has 0 amide bonds. The first-order valence-corrected chi connectivity index (χ1v) is 5.15. The molecule has 1 aromatic rings. The van der Waals surface area contributed by atoms with Gasteiger partial charge in [0.15, 0.2) is 0 Å². The molecule has 1 aliphatic rings. The van der Waals surface area contributed by atoms with E-state index in [1.807, 2.05) is 6.20 Å². The summed E-state index contributed by atoms with van der Waals surface area (Å²) >= 11 is 0. The second-order valence-corrected chi connectivity index (χ2v) is 5.07. The Morgan fingerprint density at radius 2 is 2.07 bits per heavy atom. The van der Waals surface area contributed by atoms with Gasteiger partial charge in [-0.3, -0.25) is 4.98 Å². The van der Waals surface area contributed by atoms with Crippen LogP contribution >= 0.6 is 0 Å². The molecular formula is C12H18N2. The fraction of sp³-hybridized carbons (Fsp3) is 0.583. The minimum atomic E-state index is 0.140. The molecule has 0 aromatic carbocycles. The Labute approximate surface area is 85.5 Å². The Balaban J connectivity index is 2.36. The van der Waals surface area contributed by atoms with E-state index in [1.165, 1.54) is 5.56 Å². The van der Waals surface area contributed by atoms with Gasteiger partial charge in [-0.1, -0.05) is 19.9 Å². The fourth-order valence-corrected chi connectivity index (χ4v) is 2.35. The smallest absolute Gasteiger partial charge is 0.0483 e. The molecule has 1 unspecified atom stereocenters. The minimum Gasteiger partial charge on any atom is -0.330 e. The quantitative estimate of drug-likeness (QED) is 0.775. The topological polar surface area (TPSA) is 38.9 Å². The molecule has 1 aromatic heterocycles. The SMILES string of the molecule is Cc1ccc(C2(CN)CC2(C)C)nc1. The molecule has 1 aliphatic carbocycles. The normalized spacial score (nSPS) is 28.9. The van der Waals surface area contributed by atoms with Crippen molar-refractivity contribution in [2.75, 3.05) is 6.54 Å². The Morgan fingerprint density at radius 3 is 2.43 bits per heavy atom. The van der Waals surface area contributed by atoms with Crippen LogP contribution in [0.4, 0.5) is 0 Å². The van der Waals surface area contributed by atoms with Crippen molar-refractivity contribution in [3.63, 3.8) is 0 Å². The summed E-state index contributed by atoms with van der Waals surface area (Å²) < 4.78 is 0. The lowest BCUT2D eigenvalue weighted by Crippen LogP contribution is -2.26. The summed E-state index contributed by atoms with van der Waals surface area (Å²) in [5.74, 6) is 0. The van der Waals surface area contributed by atoms with E-state index >= 15 is 0 Å². The molecular weight excluding hydrogens is 172 g/mol. The van der Waals surface area contributed by atoms with E-state index in [2.05, 4.69) is 37.9 Å². The van der Waals surface area contributed by atoms with E-state index in [9.17, 15) is 0 Å². The Morgan fingerprint density at radius 1 is 1.43 bits per heavy atom. The number of aryl methyl sites for hydroxylation is 1. The van der Waals surface area contributed by atoms with Gasteiger partial charge in [-0.05, 0) is 30.4 Å². The molecule has 0 bridgehead atoms. The summed E-state index contributed by atoms with van der Waals surface area (Å²) in [5, 5.41) is 0. The summed E-state index contributed by atoms with van der Waals surface area (Å²) in [6.45, 7) is 7.29. The van der Waals surface area contributed by atoms with Crippen LogP contribution in [-0.4, -0.2) is 11.5 Å². The van der Waals surface area contributed by atoms with Crippen LogP contribution in [0.25, 0.3) is 0 Å². The van der Waals surface area contributed by atoms with Gasteiger partial charge in [-0.25, -0.2) is 0 Å². The predicted octanol–water partition coefficient (Wildman–Crippen LogP) is 2.02. The lowest BCUT2D eigenvalue weighted by molar-refractivity contribution is 0.493. The van der Waals surface area contributed by atoms with E-state index in [1.54, 1.807) is 0 Å². The Hall–Kier alpha value is -0.890. The van der Waals surface area contributed by atoms with Crippen molar-refractivity contribution in [3.8, 4) is 0 Å². The summed E-state index contributed by atoms with van der Waals surface area (Å²) in [4.78, 5) is 4.50. The van der Waals surface area contributed by atoms with Crippen molar-refractivity contribution in [2.24, 2.45) is 11.1 Å². The van der Waals surface area contributed by atoms with E-state index in [0.717, 1.165) is 12.1 Å². The molecule has 2 rings (SSSR count). The van der Waals surface area contributed by atoms with Gasteiger partial charge in [-0.2, -0.15) is 0 Å². The van der Waals surface area contributed by atoms with Gasteiger partial charge in [0.05, 0.1) is 0 Å². The molecule has 2 nitrogen and oxygen atoms in total. The summed E-state index contributed by atoms with van der Waals surface area (Å²) in [7, 11) is 0. The van der Waals surface area contributed by atoms with Crippen molar-refractivity contribution in [1.29, 1.82) is 0 Å². The van der Waals surface area contributed by atoms with Crippen molar-refractivity contribution in [2.45, 2.75) is 32.6 Å². The van der Waals surface area contributed by atoms with Gasteiger partial charge in [0.25, 0.3) is 0 Å². The van der Waals surface area contributed by atoms with Gasteiger partial charge in [-0.15, -0.1) is 0 Å². The van der Waals surface area contributed by atoms with Crippen LogP contribution in [-0.2, 0) is 5.41 Å². The molecule has 0 saturated heterocycles. The third kappa shape index (κ3) is 1.17. The zero-order valence-electron chi connectivity index (χ0n) is 9.17. The molecule has 1 atom stereocenters. The summed E-state index contributed by atoms with van der Waals surface area (Å²) in [6, 6.07) is 4.24. The first kappa shape index (κ1) is 9.66. The van der Waals surface area contributed by atoms with Gasteiger partial charge in [0.1, 0.15) is 0 Å². The maximum atomic E-state index is 5.87. The third-order valence-electron chi connectivity index (χ3n) is 3.66. The third-order valence-corrected chi connectivity index (χ3v) is 3.66. The number of hydrogen-bond acceptors (Lipinski definition) is 2. The average Bonchev–Trinajstić information content (AvgIpc) is 2.71. The number of nitrogens with two attached hydrogens (primary N) is 1. The maximum absolute atomic E-state index is 5.87. The van der Waals surface area contributed by atoms with Gasteiger partial charge >= 0.3 is 0 Å². The van der Waals surface area contributed by atoms with Crippen LogP contribution in [0.3, 0.4) is 0 Å². The van der Waals surface area contributed by atoms with E-state index < -0.39 is 0 Å². The lowest BCUT2D eigenvalue weighted by atomic mass is 9.92. The van der Waals surface area contributed by atoms with Crippen LogP contribution in [0.1, 0.15) is 31.5 Å². The highest BCUT2D eigenvalue weighted by Crippen LogP contribution is 2.63. The van der Waals surface area contributed by atoms with Gasteiger partial charge in [0.2, 0.25) is 0 Å². The lowest BCUT2D eigenvalue weighted by Gasteiger charge is -2.17. The molecule has 1 saturated carbocycles. The Bertz CT molecular complexity index is 340. The van der Waals surface area contributed by atoms with Crippen molar-refractivity contribution in [1.82, 2.24) is 4.98 Å². The molecule has 0 aliphatic heterocycles. The number of nitrogens with zero attached hydrogens (tertiary/aromatic N) is 1. The summed E-state index contributed by atoms with van der Waals surface area (Å²) in [6.07, 6.45) is 3.09. The molecule has 0 radical (unpaired) electrons. The minimum absolute atomic E-state index is 0.140. The average molecular weight is 190 g/mol. The first-order valence-electron chi connectivity index (χ1n) is 5.15. The van der Waals surface area contributed by atoms with E-state index in [-0.39, 0.29) is 5.41 Å². The number of rotatable bonds is 2. The summed E-state index contributed by atoms with van der Waals surface area (Å²) in [5.41, 5.74) is 8.71. The van der Waals surface area contributed by atoms with Crippen LogP contribution < -0.4 is 5.73 Å². The fourth-order valence-electron chi connectivity index (χ4n) is 2.35. The monoisotopic (exact) mass is 190 g/mol. The van der Waals surface area contributed by atoms with Gasteiger partial charge in [0, 0.05) is 23.9 Å². The van der Waals surface area contributed by atoms with Gasteiger partial charge < -0.3 is 5.73 Å². The molecule has 2 heteroatoms. The molecule has 1 heterocycles. The zero-order chi connectivity index (χ0) is 10.4. The highest BCUT2D eigenvalue weighted by atomic mass is 14.8. The number of hydrogen-bond donors (Lipinski definition) is 1. The van der Waals surface area contributed by atoms with Crippen molar-refractivity contribution >= 4 is 0 Å². The molecule has 2 N–H and O–H groups in total. The largest absolute Gasteiger partial charge is 0.330 e. The standard InChI is InChI=1S/C12H18N2/c1-9-4-5-10(14-6-9)12(8-13)7-11(12,2)3/h4-6H,7-8,13H2,1-3H3. The molecule has 1 fully saturated rings. The van der Waals surface area contributed by atoms with Crippen LogP contribution in [0, 0.1) is 12.3 Å². The Kier molecular flexibility index (Phi) is 1.93. The van der Waals surface area contributed by atoms with Crippen molar-refractivity contribution in [3.05, 3.63) is 29.6 Å². The van der Waals surface area contributed by atoms with E-state index in [4.69, 9.17) is 5.73 Å². The molecule has 14 heavy (non-hydrogen) atoms. The van der Waals surface area contributed by atoms with Crippen LogP contribution in [0.2, 0.25) is 0 Å². The zero-order valence-corrected chi connectivity index (χ0v) is 9.17. The van der Waals surface area contributed by atoms with E-state index in [0.29, 0.717) is 12.0 Å². The second-order valence-electron chi connectivity index (χ2n) is 5.07. The number of aromatic nitrogens is 1. The second kappa shape index (κ2) is 2.80. The van der Waals surface area contributed by atoms with Crippen LogP contribution in [0.15, 0.2) is 18.3 Å². The maximum Gasteiger partial charge on any atom is 0.0483 e. The van der Waals surface area contributed by atoms with Crippen LogP contribution in [0.5, 0.6) is 0 Å². The first-order chi connectivity index (χ1) is 6.52. The highest BCUT2D eigenvalue weighted by Gasteiger charge is 2.61. The van der Waals surface area contributed by atoms with Crippen molar-refractivity contribution < 1.29 is 0 Å². The highest BCUT2D eigenvalue weighted by molar-refractivity contribution is 5.33. The molecule has 0 spiro atoms. The predicted molar refractivity (Wildman–Crippen MR) is 58.1 cm³/mol. The molecule has 76 valence electrons. The number of pyridine rings is 1.